The second-order valence-corrected chi connectivity index (χ2v) is 8.81. The number of nitrogens with zero attached hydrogens (tertiary/aromatic N) is 3. The lowest BCUT2D eigenvalue weighted by Gasteiger charge is -2.32. The molecule has 150 valence electrons. The minimum Gasteiger partial charge on any atom is -0.381 e. The van der Waals surface area contributed by atoms with Crippen molar-refractivity contribution in [1.82, 2.24) is 9.88 Å². The molecule has 6 heteroatoms. The van der Waals surface area contributed by atoms with Crippen LogP contribution in [0.3, 0.4) is 0 Å². The second kappa shape index (κ2) is 9.16. The third kappa shape index (κ3) is 4.62. The fourth-order valence-corrected chi connectivity index (χ4v) is 5.23. The lowest BCUT2D eigenvalue weighted by atomic mass is 10.0. The molecule has 2 aliphatic rings. The highest BCUT2D eigenvalue weighted by molar-refractivity contribution is 7.15. The van der Waals surface area contributed by atoms with E-state index in [4.69, 9.17) is 9.72 Å². The lowest BCUT2D eigenvalue weighted by Crippen LogP contribution is -2.44. The van der Waals surface area contributed by atoms with Gasteiger partial charge in [0.15, 0.2) is 5.13 Å². The average Bonchev–Trinajstić information content (AvgIpc) is 3.17. The quantitative estimate of drug-likeness (QED) is 0.744. The molecule has 0 N–H and O–H groups in total. The van der Waals surface area contributed by atoms with E-state index in [-0.39, 0.29) is 5.91 Å². The molecule has 5 nitrogen and oxygen atoms in total. The SMILES string of the molecule is COC1CCN(CC(=O)N(Cc2ccccc2)c2nc3c(s2)CCCC3)CC1. The van der Waals surface area contributed by atoms with Crippen LogP contribution in [0.2, 0.25) is 0 Å². The number of fused-ring (bicyclic) bond motifs is 1. The van der Waals surface area contributed by atoms with E-state index in [0.717, 1.165) is 49.5 Å². The number of rotatable bonds is 6. The topological polar surface area (TPSA) is 45.7 Å². The number of hydrogen-bond acceptors (Lipinski definition) is 5. The van der Waals surface area contributed by atoms with Crippen molar-refractivity contribution in [3.05, 3.63) is 46.5 Å². The summed E-state index contributed by atoms with van der Waals surface area (Å²) in [5.74, 6) is 0.144. The summed E-state index contributed by atoms with van der Waals surface area (Å²) in [6, 6.07) is 10.2. The Balaban J connectivity index is 1.51. The number of carbonyl (C=O) groups excluding carboxylic acids is 1. The fourth-order valence-electron chi connectivity index (χ4n) is 4.06. The Labute approximate surface area is 171 Å². The molecule has 1 aromatic carbocycles. The van der Waals surface area contributed by atoms with Crippen LogP contribution < -0.4 is 4.90 Å². The maximum Gasteiger partial charge on any atom is 0.243 e. The summed E-state index contributed by atoms with van der Waals surface area (Å²) in [7, 11) is 1.78. The summed E-state index contributed by atoms with van der Waals surface area (Å²) >= 11 is 1.71. The molecule has 28 heavy (non-hydrogen) atoms. The molecule has 1 aliphatic carbocycles. The highest BCUT2D eigenvalue weighted by atomic mass is 32.1. The molecule has 1 aromatic heterocycles. The number of likely N-dealkylation sites (tertiary alicyclic amines) is 1. The van der Waals surface area contributed by atoms with Gasteiger partial charge in [-0.3, -0.25) is 14.6 Å². The Bertz CT molecular complexity index is 761. The van der Waals surface area contributed by atoms with Crippen LogP contribution in [0.25, 0.3) is 0 Å². The largest absolute Gasteiger partial charge is 0.381 e. The van der Waals surface area contributed by atoms with Gasteiger partial charge in [0.25, 0.3) is 0 Å². The number of piperidine rings is 1. The van der Waals surface area contributed by atoms with E-state index in [1.807, 2.05) is 23.1 Å². The molecule has 2 aromatic rings. The van der Waals surface area contributed by atoms with Crippen LogP contribution in [-0.4, -0.2) is 48.6 Å². The van der Waals surface area contributed by atoms with Crippen LogP contribution in [0.1, 0.15) is 41.8 Å². The molecule has 1 fully saturated rings. The molecule has 1 amide bonds. The van der Waals surface area contributed by atoms with E-state index >= 15 is 0 Å². The molecule has 1 aliphatic heterocycles. The van der Waals surface area contributed by atoms with Crippen molar-refractivity contribution in [1.29, 1.82) is 0 Å². The normalized spacial score (nSPS) is 18.0. The van der Waals surface area contributed by atoms with Gasteiger partial charge in [-0.25, -0.2) is 4.98 Å². The zero-order valence-electron chi connectivity index (χ0n) is 16.6. The zero-order valence-corrected chi connectivity index (χ0v) is 17.4. The molecule has 1 saturated heterocycles. The number of hydrogen-bond donors (Lipinski definition) is 0. The van der Waals surface area contributed by atoms with Gasteiger partial charge >= 0.3 is 0 Å². The van der Waals surface area contributed by atoms with Gasteiger partial charge in [0.05, 0.1) is 24.9 Å². The fraction of sp³-hybridized carbons (Fsp3) is 0.545. The van der Waals surface area contributed by atoms with E-state index in [1.54, 1.807) is 18.4 Å². The van der Waals surface area contributed by atoms with Gasteiger partial charge in [-0.1, -0.05) is 30.3 Å². The van der Waals surface area contributed by atoms with Gasteiger partial charge in [0, 0.05) is 25.1 Å². The zero-order chi connectivity index (χ0) is 19.3. The molecular weight excluding hydrogens is 370 g/mol. The van der Waals surface area contributed by atoms with Crippen LogP contribution in [0, 0.1) is 0 Å². The van der Waals surface area contributed by atoms with Gasteiger partial charge in [-0.2, -0.15) is 0 Å². The van der Waals surface area contributed by atoms with Gasteiger partial charge in [-0.15, -0.1) is 11.3 Å². The molecule has 0 unspecified atom stereocenters. The van der Waals surface area contributed by atoms with Crippen LogP contribution in [0.4, 0.5) is 5.13 Å². The number of anilines is 1. The summed E-state index contributed by atoms with van der Waals surface area (Å²) in [5, 5.41) is 0.868. The van der Waals surface area contributed by atoms with Gasteiger partial charge in [0.1, 0.15) is 0 Å². The van der Waals surface area contributed by atoms with E-state index in [1.165, 1.54) is 23.4 Å². The highest BCUT2D eigenvalue weighted by Crippen LogP contribution is 2.32. The molecule has 0 saturated carbocycles. The molecular formula is C22H29N3O2S. The lowest BCUT2D eigenvalue weighted by molar-refractivity contribution is -0.120. The third-order valence-corrected chi connectivity index (χ3v) is 6.96. The molecule has 0 atom stereocenters. The van der Waals surface area contributed by atoms with E-state index in [2.05, 4.69) is 17.0 Å². The van der Waals surface area contributed by atoms with Crippen molar-refractivity contribution < 1.29 is 9.53 Å². The average molecular weight is 400 g/mol. The van der Waals surface area contributed by atoms with Crippen LogP contribution in [0.15, 0.2) is 30.3 Å². The standard InChI is InChI=1S/C22H29N3O2S/c1-27-18-11-13-24(14-12-18)16-21(26)25(15-17-7-3-2-4-8-17)22-23-19-9-5-6-10-20(19)28-22/h2-4,7-8,18H,5-6,9-16H2,1H3. The van der Waals surface area contributed by atoms with Crippen molar-refractivity contribution in [3.8, 4) is 0 Å². The first-order chi connectivity index (χ1) is 13.7. The number of benzene rings is 1. The van der Waals surface area contributed by atoms with Crippen LogP contribution >= 0.6 is 11.3 Å². The molecule has 0 spiro atoms. The molecule has 0 radical (unpaired) electrons. The number of thiazole rings is 1. The van der Waals surface area contributed by atoms with Gasteiger partial charge in [-0.05, 0) is 44.1 Å². The van der Waals surface area contributed by atoms with E-state index in [9.17, 15) is 4.79 Å². The second-order valence-electron chi connectivity index (χ2n) is 7.75. The van der Waals surface area contributed by atoms with E-state index < -0.39 is 0 Å². The van der Waals surface area contributed by atoms with Crippen LogP contribution in [-0.2, 0) is 28.9 Å². The minimum absolute atomic E-state index is 0.144. The summed E-state index contributed by atoms with van der Waals surface area (Å²) in [5.41, 5.74) is 2.35. The number of aryl methyl sites for hydroxylation is 2. The predicted molar refractivity (Wildman–Crippen MR) is 113 cm³/mol. The Hall–Kier alpha value is -1.76. The third-order valence-electron chi connectivity index (χ3n) is 5.78. The Morgan fingerprint density at radius 1 is 1.21 bits per heavy atom. The molecule has 0 bridgehead atoms. The first-order valence-electron chi connectivity index (χ1n) is 10.3. The van der Waals surface area contributed by atoms with Crippen LogP contribution in [0.5, 0.6) is 0 Å². The molecule has 2 heterocycles. The molecule has 4 rings (SSSR count). The van der Waals surface area contributed by atoms with Crippen molar-refractivity contribution in [2.45, 2.75) is 51.2 Å². The number of ether oxygens (including phenoxy) is 1. The first kappa shape index (κ1) is 19.6. The first-order valence-corrected chi connectivity index (χ1v) is 11.1. The Morgan fingerprint density at radius 2 is 1.96 bits per heavy atom. The Morgan fingerprint density at radius 3 is 2.68 bits per heavy atom. The van der Waals surface area contributed by atoms with Crippen molar-refractivity contribution in [2.75, 3.05) is 31.6 Å². The summed E-state index contributed by atoms with van der Waals surface area (Å²) in [6.45, 7) is 2.86. The summed E-state index contributed by atoms with van der Waals surface area (Å²) in [4.78, 5) is 23.7. The monoisotopic (exact) mass is 399 g/mol. The van der Waals surface area contributed by atoms with Crippen molar-refractivity contribution in [2.24, 2.45) is 0 Å². The summed E-state index contributed by atoms with van der Waals surface area (Å²) in [6.07, 6.45) is 6.90. The number of carbonyl (C=O) groups is 1. The van der Waals surface area contributed by atoms with Crippen molar-refractivity contribution >= 4 is 22.4 Å². The highest BCUT2D eigenvalue weighted by Gasteiger charge is 2.26. The van der Waals surface area contributed by atoms with Crippen molar-refractivity contribution in [3.63, 3.8) is 0 Å². The number of aromatic nitrogens is 1. The van der Waals surface area contributed by atoms with Gasteiger partial charge < -0.3 is 4.74 Å². The maximum atomic E-state index is 13.3. The maximum absolute atomic E-state index is 13.3. The van der Waals surface area contributed by atoms with Gasteiger partial charge in [0.2, 0.25) is 5.91 Å². The summed E-state index contributed by atoms with van der Waals surface area (Å²) < 4.78 is 5.46. The van der Waals surface area contributed by atoms with E-state index in [0.29, 0.717) is 19.2 Å². The number of amides is 1. The smallest absolute Gasteiger partial charge is 0.243 e. The Kier molecular flexibility index (Phi) is 6.40. The minimum atomic E-state index is 0.144. The number of methoxy groups -OCH3 is 1. The predicted octanol–water partition coefficient (Wildman–Crippen LogP) is 3.67.